The molecular formula is C19H32F2IN5O2. The number of piperidine rings is 1. The lowest BCUT2D eigenvalue weighted by Gasteiger charge is -2.32. The summed E-state index contributed by atoms with van der Waals surface area (Å²) in [6, 6.07) is 1.99. The minimum Gasteiger partial charge on any atom is -0.459 e. The van der Waals surface area contributed by atoms with Gasteiger partial charge in [0.2, 0.25) is 0 Å². The van der Waals surface area contributed by atoms with Crippen molar-refractivity contribution >= 4 is 35.8 Å². The van der Waals surface area contributed by atoms with Gasteiger partial charge in [-0.05, 0) is 39.2 Å². The molecule has 0 saturated carbocycles. The van der Waals surface area contributed by atoms with Crippen LogP contribution in [-0.4, -0.2) is 68.5 Å². The number of aryl methyl sites for hydroxylation is 1. The van der Waals surface area contributed by atoms with Crippen molar-refractivity contribution in [2.45, 2.75) is 45.6 Å². The summed E-state index contributed by atoms with van der Waals surface area (Å²) >= 11 is 0. The number of guanidine groups is 1. The molecule has 2 heterocycles. The smallest absolute Gasteiger partial charge is 0.287 e. The van der Waals surface area contributed by atoms with E-state index in [9.17, 15) is 13.6 Å². The zero-order valence-corrected chi connectivity index (χ0v) is 19.4. The van der Waals surface area contributed by atoms with Crippen LogP contribution >= 0.6 is 24.0 Å². The molecule has 0 aromatic carbocycles. The monoisotopic (exact) mass is 527 g/mol. The molecule has 3 N–H and O–H groups in total. The highest BCUT2D eigenvalue weighted by Gasteiger charge is 2.21. The maximum Gasteiger partial charge on any atom is 0.287 e. The van der Waals surface area contributed by atoms with Gasteiger partial charge in [-0.2, -0.15) is 0 Å². The third-order valence-electron chi connectivity index (χ3n) is 4.63. The second-order valence-electron chi connectivity index (χ2n) is 6.91. The van der Waals surface area contributed by atoms with Gasteiger partial charge in [-0.1, -0.05) is 0 Å². The molecule has 1 aliphatic rings. The average molecular weight is 527 g/mol. The third-order valence-corrected chi connectivity index (χ3v) is 4.63. The van der Waals surface area contributed by atoms with Gasteiger partial charge in [0.05, 0.1) is 12.8 Å². The van der Waals surface area contributed by atoms with Gasteiger partial charge in [-0.25, -0.2) is 8.78 Å². The van der Waals surface area contributed by atoms with Gasteiger partial charge >= 0.3 is 0 Å². The van der Waals surface area contributed by atoms with Crippen LogP contribution in [0.3, 0.4) is 0 Å². The van der Waals surface area contributed by atoms with Crippen LogP contribution in [0, 0.1) is 6.92 Å². The number of amides is 1. The van der Waals surface area contributed by atoms with E-state index in [0.717, 1.165) is 30.9 Å². The van der Waals surface area contributed by atoms with Crippen LogP contribution in [-0.2, 0) is 0 Å². The Morgan fingerprint density at radius 2 is 2.07 bits per heavy atom. The van der Waals surface area contributed by atoms with E-state index in [4.69, 9.17) is 4.42 Å². The Morgan fingerprint density at radius 3 is 2.66 bits per heavy atom. The number of hydrogen-bond acceptors (Lipinski definition) is 4. The summed E-state index contributed by atoms with van der Waals surface area (Å²) in [5.41, 5.74) is 0.814. The number of carbonyl (C=O) groups is 1. The molecule has 7 nitrogen and oxygen atoms in total. The number of hydrogen-bond donors (Lipinski definition) is 3. The molecule has 1 aromatic heterocycles. The Hall–Kier alpha value is -1.43. The number of likely N-dealkylation sites (tertiary alicyclic amines) is 1. The molecule has 1 aromatic rings. The first-order chi connectivity index (χ1) is 13.5. The normalized spacial score (nSPS) is 15.8. The van der Waals surface area contributed by atoms with Crippen LogP contribution in [0.25, 0.3) is 0 Å². The second kappa shape index (κ2) is 13.7. The second-order valence-corrected chi connectivity index (χ2v) is 6.91. The van der Waals surface area contributed by atoms with Crippen molar-refractivity contribution in [3.8, 4) is 0 Å². The number of nitrogens with zero attached hydrogens (tertiary/aromatic N) is 2. The van der Waals surface area contributed by atoms with Crippen LogP contribution in [0.5, 0.6) is 0 Å². The van der Waals surface area contributed by atoms with E-state index in [1.54, 1.807) is 11.0 Å². The lowest BCUT2D eigenvalue weighted by molar-refractivity contribution is 0.0744. The first-order valence-corrected chi connectivity index (χ1v) is 9.87. The topological polar surface area (TPSA) is 81.9 Å². The van der Waals surface area contributed by atoms with Crippen molar-refractivity contribution in [3.05, 3.63) is 23.7 Å². The fourth-order valence-electron chi connectivity index (χ4n) is 3.13. The van der Waals surface area contributed by atoms with E-state index in [-0.39, 0.29) is 42.5 Å². The number of rotatable bonds is 9. The highest BCUT2D eigenvalue weighted by molar-refractivity contribution is 14.0. The molecule has 29 heavy (non-hydrogen) atoms. The fraction of sp³-hybridized carbons (Fsp3) is 0.684. The van der Waals surface area contributed by atoms with E-state index >= 15 is 0 Å². The van der Waals surface area contributed by atoms with Gasteiger partial charge in [-0.15, -0.1) is 24.0 Å². The molecule has 1 fully saturated rings. The van der Waals surface area contributed by atoms with Gasteiger partial charge in [0.1, 0.15) is 0 Å². The molecule has 1 amide bonds. The molecule has 1 aliphatic heterocycles. The van der Waals surface area contributed by atoms with Crippen molar-refractivity contribution < 1.29 is 18.0 Å². The first kappa shape index (κ1) is 25.6. The summed E-state index contributed by atoms with van der Waals surface area (Å²) in [6.45, 7) is 6.82. The van der Waals surface area contributed by atoms with E-state index in [1.807, 2.05) is 13.8 Å². The molecule has 1 saturated heterocycles. The molecule has 0 bridgehead atoms. The maximum absolute atomic E-state index is 12.5. The lowest BCUT2D eigenvalue weighted by atomic mass is 10.1. The zero-order valence-electron chi connectivity index (χ0n) is 17.0. The van der Waals surface area contributed by atoms with Crippen molar-refractivity contribution in [2.24, 2.45) is 4.99 Å². The van der Waals surface area contributed by atoms with E-state index < -0.39 is 6.43 Å². The van der Waals surface area contributed by atoms with Crippen LogP contribution in [0.15, 0.2) is 21.7 Å². The average Bonchev–Trinajstić information content (AvgIpc) is 3.08. The van der Waals surface area contributed by atoms with Gasteiger partial charge in [0.25, 0.3) is 12.3 Å². The summed E-state index contributed by atoms with van der Waals surface area (Å²) in [5, 5.41) is 9.41. The van der Waals surface area contributed by atoms with Crippen molar-refractivity contribution in [1.29, 1.82) is 0 Å². The summed E-state index contributed by atoms with van der Waals surface area (Å²) in [4.78, 5) is 18.3. The Kier molecular flexibility index (Phi) is 12.1. The largest absolute Gasteiger partial charge is 0.459 e. The Balaban J connectivity index is 0.00000420. The van der Waals surface area contributed by atoms with Crippen LogP contribution < -0.4 is 16.0 Å². The van der Waals surface area contributed by atoms with Crippen molar-refractivity contribution in [3.63, 3.8) is 0 Å². The molecule has 10 heteroatoms. The Morgan fingerprint density at radius 1 is 1.34 bits per heavy atom. The van der Waals surface area contributed by atoms with Crippen molar-refractivity contribution in [1.82, 2.24) is 20.9 Å². The molecular weight excluding hydrogens is 495 g/mol. The molecule has 166 valence electrons. The number of nitrogens with one attached hydrogen (secondary N) is 3. The molecule has 0 spiro atoms. The molecule has 0 atom stereocenters. The van der Waals surface area contributed by atoms with Gasteiger partial charge in [-0.3, -0.25) is 14.7 Å². The minimum atomic E-state index is -2.28. The number of halogens is 3. The predicted molar refractivity (Wildman–Crippen MR) is 120 cm³/mol. The van der Waals surface area contributed by atoms with Gasteiger partial charge in [0.15, 0.2) is 11.7 Å². The highest BCUT2D eigenvalue weighted by Crippen LogP contribution is 2.12. The van der Waals surface area contributed by atoms with E-state index in [1.165, 1.54) is 6.26 Å². The SMILES string of the molecule is CCNC(=NCCCNC(=O)c1occc1C)NC1CCN(CC(F)F)CC1.I. The molecule has 2 rings (SSSR count). The molecule has 0 unspecified atom stereocenters. The minimum absolute atomic E-state index is 0. The highest BCUT2D eigenvalue weighted by atomic mass is 127. The number of carbonyl (C=O) groups excluding carboxylic acids is 1. The van der Waals surface area contributed by atoms with Crippen LogP contribution in [0.2, 0.25) is 0 Å². The number of alkyl halides is 2. The number of furan rings is 1. The summed E-state index contributed by atoms with van der Waals surface area (Å²) < 4.78 is 30.1. The van der Waals surface area contributed by atoms with E-state index in [2.05, 4.69) is 20.9 Å². The number of aliphatic imine (C=N–C) groups is 1. The van der Waals surface area contributed by atoms with Crippen LogP contribution in [0.4, 0.5) is 8.78 Å². The third kappa shape index (κ3) is 9.28. The zero-order chi connectivity index (χ0) is 20.4. The summed E-state index contributed by atoms with van der Waals surface area (Å²) in [5.74, 6) is 0.853. The Bertz CT molecular complexity index is 634. The first-order valence-electron chi connectivity index (χ1n) is 9.87. The molecule has 0 radical (unpaired) electrons. The van der Waals surface area contributed by atoms with Crippen LogP contribution in [0.1, 0.15) is 42.3 Å². The van der Waals surface area contributed by atoms with E-state index in [0.29, 0.717) is 38.4 Å². The van der Waals surface area contributed by atoms with Gasteiger partial charge < -0.3 is 20.4 Å². The fourth-order valence-corrected chi connectivity index (χ4v) is 3.13. The summed E-state index contributed by atoms with van der Waals surface area (Å²) in [6.07, 6.45) is 1.56. The summed E-state index contributed by atoms with van der Waals surface area (Å²) in [7, 11) is 0. The lowest BCUT2D eigenvalue weighted by Crippen LogP contribution is -2.49. The van der Waals surface area contributed by atoms with Crippen molar-refractivity contribution in [2.75, 3.05) is 39.3 Å². The maximum atomic E-state index is 12.5. The Labute approximate surface area is 188 Å². The molecule has 0 aliphatic carbocycles. The van der Waals surface area contributed by atoms with Gasteiger partial charge in [0, 0.05) is 44.3 Å². The standard InChI is InChI=1S/C19H31F2N5O2.HI/c1-3-22-19(25-15-5-10-26(11-6-15)13-16(20)21)24-9-4-8-23-18(27)17-14(2)7-12-28-17;/h7,12,15-16H,3-6,8-11,13H2,1-2H3,(H,23,27)(H2,22,24,25);1H. The quantitative estimate of drug-likeness (QED) is 0.199. The predicted octanol–water partition coefficient (Wildman–Crippen LogP) is 2.61.